The van der Waals surface area contributed by atoms with Crippen molar-refractivity contribution in [3.8, 4) is 16.9 Å². The van der Waals surface area contributed by atoms with E-state index in [-0.39, 0.29) is 23.2 Å². The van der Waals surface area contributed by atoms with Crippen LogP contribution in [0, 0.1) is 11.3 Å². The molecule has 1 unspecified atom stereocenters. The van der Waals surface area contributed by atoms with Gasteiger partial charge >= 0.3 is 12.5 Å². The number of halogens is 3. The molecule has 3 heterocycles. The predicted molar refractivity (Wildman–Crippen MR) is 124 cm³/mol. The van der Waals surface area contributed by atoms with E-state index in [0.717, 1.165) is 74.8 Å². The van der Waals surface area contributed by atoms with Crippen molar-refractivity contribution < 1.29 is 27.8 Å². The Morgan fingerprint density at radius 1 is 1.06 bits per heavy atom. The number of carbonyl (C=O) groups is 1. The molecule has 1 amide bonds. The maximum absolute atomic E-state index is 12.7. The number of hydrogen-bond donors (Lipinski definition) is 1. The summed E-state index contributed by atoms with van der Waals surface area (Å²) in [6, 6.07) is 11.8. The van der Waals surface area contributed by atoms with Gasteiger partial charge in [0.05, 0.1) is 12.1 Å². The number of hydrogen-bond acceptors (Lipinski definition) is 3. The molecule has 5 nitrogen and oxygen atoms in total. The molecule has 2 bridgehead atoms. The minimum atomic E-state index is -4.74. The summed E-state index contributed by atoms with van der Waals surface area (Å²) in [5.41, 5.74) is 3.63. The fraction of sp³-hybridized carbons (Fsp3) is 0.519. The lowest BCUT2D eigenvalue weighted by Gasteiger charge is -2.52. The molecule has 1 saturated carbocycles. The molecule has 3 aliphatic heterocycles. The number of nitrogens with zero attached hydrogens (tertiary/aromatic N) is 2. The molecule has 3 saturated heterocycles. The van der Waals surface area contributed by atoms with Crippen LogP contribution in [0.25, 0.3) is 11.1 Å². The second-order valence-electron chi connectivity index (χ2n) is 10.6. The lowest BCUT2D eigenvalue weighted by molar-refractivity contribution is -0.274. The van der Waals surface area contributed by atoms with Gasteiger partial charge in [0.25, 0.3) is 0 Å². The summed E-state index contributed by atoms with van der Waals surface area (Å²) < 4.78 is 42.2. The van der Waals surface area contributed by atoms with Crippen LogP contribution in [0.3, 0.4) is 0 Å². The van der Waals surface area contributed by atoms with Crippen LogP contribution < -0.4 is 4.74 Å². The van der Waals surface area contributed by atoms with E-state index in [1.165, 1.54) is 12.1 Å². The second kappa shape index (κ2) is 8.15. The van der Waals surface area contributed by atoms with Crippen molar-refractivity contribution in [3.05, 3.63) is 53.6 Å². The molecule has 7 rings (SSSR count). The summed E-state index contributed by atoms with van der Waals surface area (Å²) in [6.07, 6.45) is 0.403. The van der Waals surface area contributed by atoms with Crippen LogP contribution in [0.1, 0.15) is 49.3 Å². The summed E-state index contributed by atoms with van der Waals surface area (Å²) in [4.78, 5) is 16.9. The lowest BCUT2D eigenvalue weighted by atomic mass is 9.73. The fourth-order valence-corrected chi connectivity index (χ4v) is 6.81. The third kappa shape index (κ3) is 4.15. The monoisotopic (exact) mass is 486 g/mol. The first kappa shape index (κ1) is 22.7. The van der Waals surface area contributed by atoms with Crippen molar-refractivity contribution in [3.63, 3.8) is 0 Å². The summed E-state index contributed by atoms with van der Waals surface area (Å²) in [5.74, 6) is 0.162. The number of amides is 1. The van der Waals surface area contributed by atoms with Gasteiger partial charge in [-0.25, -0.2) is 4.79 Å². The summed E-state index contributed by atoms with van der Waals surface area (Å²) in [5, 5.41) is 10.4. The predicted octanol–water partition coefficient (Wildman–Crippen LogP) is 6.09. The SMILES string of the molecule is O=C(O)N(C1c2ccc(-c3cccc(OC(F)(F)F)c3)cc2CCC12CC2)[C@@H]1CN2CCC1CC2. The van der Waals surface area contributed by atoms with Gasteiger partial charge in [0, 0.05) is 6.54 Å². The van der Waals surface area contributed by atoms with Crippen LogP contribution in [-0.2, 0) is 6.42 Å². The third-order valence-electron chi connectivity index (χ3n) is 8.68. The van der Waals surface area contributed by atoms with Crippen molar-refractivity contribution >= 4 is 6.09 Å². The Morgan fingerprint density at radius 2 is 1.80 bits per heavy atom. The van der Waals surface area contributed by atoms with Gasteiger partial charge in [-0.15, -0.1) is 13.2 Å². The van der Waals surface area contributed by atoms with Gasteiger partial charge in [0.1, 0.15) is 5.75 Å². The molecule has 0 radical (unpaired) electrons. The Bertz CT molecular complexity index is 1140. The maximum atomic E-state index is 12.7. The zero-order valence-corrected chi connectivity index (χ0v) is 19.4. The lowest BCUT2D eigenvalue weighted by Crippen LogP contribution is -2.60. The Morgan fingerprint density at radius 3 is 2.43 bits per heavy atom. The maximum Gasteiger partial charge on any atom is 0.573 e. The van der Waals surface area contributed by atoms with Crippen molar-refractivity contribution in [2.45, 2.75) is 57.0 Å². The van der Waals surface area contributed by atoms with Crippen molar-refractivity contribution in [2.24, 2.45) is 11.3 Å². The van der Waals surface area contributed by atoms with Gasteiger partial charge in [-0.2, -0.15) is 0 Å². The first-order valence-electron chi connectivity index (χ1n) is 12.5. The molecular formula is C27H29F3N2O3. The number of fused-ring (bicyclic) bond motifs is 4. The number of benzene rings is 2. The molecule has 5 aliphatic rings. The van der Waals surface area contributed by atoms with Crippen molar-refractivity contribution in [1.29, 1.82) is 0 Å². The van der Waals surface area contributed by atoms with E-state index in [1.807, 2.05) is 18.2 Å². The highest BCUT2D eigenvalue weighted by atomic mass is 19.4. The summed E-state index contributed by atoms with van der Waals surface area (Å²) in [6.45, 7) is 2.92. The largest absolute Gasteiger partial charge is 0.573 e. The van der Waals surface area contributed by atoms with Gasteiger partial charge in [0.15, 0.2) is 0 Å². The first-order chi connectivity index (χ1) is 16.7. The number of piperidine rings is 3. The Labute approximate surface area is 202 Å². The minimum absolute atomic E-state index is 0.0132. The summed E-state index contributed by atoms with van der Waals surface area (Å²) >= 11 is 0. The van der Waals surface area contributed by atoms with Crippen LogP contribution in [0.5, 0.6) is 5.75 Å². The van der Waals surface area contributed by atoms with E-state index < -0.39 is 12.5 Å². The zero-order valence-electron chi connectivity index (χ0n) is 19.4. The molecule has 1 N–H and O–H groups in total. The number of ether oxygens (including phenoxy) is 1. The smallest absolute Gasteiger partial charge is 0.465 e. The molecule has 1 spiro atoms. The second-order valence-corrected chi connectivity index (χ2v) is 10.6. The van der Waals surface area contributed by atoms with Crippen molar-refractivity contribution in [2.75, 3.05) is 19.6 Å². The first-order valence-corrected chi connectivity index (χ1v) is 12.5. The number of alkyl halides is 3. The topological polar surface area (TPSA) is 53.0 Å². The quantitative estimate of drug-likeness (QED) is 0.568. The van der Waals surface area contributed by atoms with Crippen LogP contribution in [-0.4, -0.2) is 53.0 Å². The van der Waals surface area contributed by atoms with Crippen LogP contribution in [0.15, 0.2) is 42.5 Å². The zero-order chi connectivity index (χ0) is 24.4. The molecule has 0 aromatic heterocycles. The minimum Gasteiger partial charge on any atom is -0.465 e. The van der Waals surface area contributed by atoms with E-state index in [9.17, 15) is 23.1 Å². The molecule has 2 aromatic rings. The highest BCUT2D eigenvalue weighted by Gasteiger charge is 2.57. The molecule has 186 valence electrons. The molecule has 35 heavy (non-hydrogen) atoms. The van der Waals surface area contributed by atoms with Gasteiger partial charge in [-0.1, -0.05) is 30.3 Å². The standard InChI is InChI=1S/C27H29F3N2O3/c28-27(29,30)35-21-3-1-2-18(15-21)19-4-5-22-20(14-19)6-9-26(10-11-26)24(22)32(25(33)34)23-16-31-12-7-17(23)8-13-31/h1-5,14-15,17,23-24H,6-13,16H2,(H,33,34)/t23-,24?/m1/s1. The van der Waals surface area contributed by atoms with Crippen LogP contribution in [0.4, 0.5) is 18.0 Å². The van der Waals surface area contributed by atoms with Gasteiger partial charge in [-0.05, 0) is 97.3 Å². The molecule has 2 aliphatic carbocycles. The molecule has 2 atom stereocenters. The molecule has 2 aromatic carbocycles. The number of rotatable bonds is 4. The average Bonchev–Trinajstić information content (AvgIpc) is 3.60. The molecule has 8 heteroatoms. The van der Waals surface area contributed by atoms with Crippen LogP contribution in [0.2, 0.25) is 0 Å². The highest BCUT2D eigenvalue weighted by molar-refractivity contribution is 5.69. The van der Waals surface area contributed by atoms with E-state index in [0.29, 0.717) is 11.5 Å². The van der Waals surface area contributed by atoms with Gasteiger partial charge in [-0.3, -0.25) is 4.90 Å². The normalized spacial score (nSPS) is 28.4. The summed E-state index contributed by atoms with van der Waals surface area (Å²) in [7, 11) is 0. The Hall–Kier alpha value is -2.74. The van der Waals surface area contributed by atoms with E-state index >= 15 is 0 Å². The Balaban J connectivity index is 1.35. The van der Waals surface area contributed by atoms with Gasteiger partial charge < -0.3 is 14.7 Å². The fourth-order valence-electron chi connectivity index (χ4n) is 6.81. The highest BCUT2D eigenvalue weighted by Crippen LogP contribution is 2.63. The average molecular weight is 487 g/mol. The van der Waals surface area contributed by atoms with Gasteiger partial charge in [0.2, 0.25) is 0 Å². The number of carboxylic acid groups (broad SMARTS) is 1. The number of aryl methyl sites for hydroxylation is 1. The van der Waals surface area contributed by atoms with E-state index in [4.69, 9.17) is 0 Å². The molecule has 4 fully saturated rings. The molecular weight excluding hydrogens is 457 g/mol. The van der Waals surface area contributed by atoms with E-state index in [2.05, 4.69) is 9.64 Å². The third-order valence-corrected chi connectivity index (χ3v) is 8.68. The van der Waals surface area contributed by atoms with Crippen LogP contribution >= 0.6 is 0 Å². The van der Waals surface area contributed by atoms with E-state index in [1.54, 1.807) is 17.0 Å². The Kier molecular flexibility index (Phi) is 5.29. The van der Waals surface area contributed by atoms with Crippen molar-refractivity contribution in [1.82, 2.24) is 9.80 Å².